The van der Waals surface area contributed by atoms with E-state index in [1.807, 2.05) is 18.3 Å². The van der Waals surface area contributed by atoms with E-state index in [1.54, 1.807) is 6.33 Å². The first-order valence-electron chi connectivity index (χ1n) is 5.89. The first kappa shape index (κ1) is 11.9. The highest BCUT2D eigenvalue weighted by Gasteiger charge is 2.09. The van der Waals surface area contributed by atoms with E-state index >= 15 is 0 Å². The second kappa shape index (κ2) is 4.47. The summed E-state index contributed by atoms with van der Waals surface area (Å²) >= 11 is 5.06. The molecule has 19 heavy (non-hydrogen) atoms. The van der Waals surface area contributed by atoms with E-state index in [0.29, 0.717) is 4.77 Å². The number of benzene rings is 1. The zero-order chi connectivity index (χ0) is 13.4. The number of fused-ring (bicyclic) bond motifs is 1. The second-order valence-electron chi connectivity index (χ2n) is 4.33. The summed E-state index contributed by atoms with van der Waals surface area (Å²) in [6.45, 7) is 2.08. The maximum absolute atomic E-state index is 5.06. The Morgan fingerprint density at radius 2 is 2.16 bits per heavy atom. The van der Waals surface area contributed by atoms with Crippen molar-refractivity contribution in [1.29, 1.82) is 0 Å². The van der Waals surface area contributed by atoms with Crippen molar-refractivity contribution >= 4 is 29.3 Å². The molecule has 0 unspecified atom stereocenters. The third-order valence-corrected chi connectivity index (χ3v) is 3.57. The van der Waals surface area contributed by atoms with Crippen LogP contribution in [-0.2, 0) is 7.05 Å². The van der Waals surface area contributed by atoms with Gasteiger partial charge in [-0.1, -0.05) is 18.2 Å². The van der Waals surface area contributed by atoms with Gasteiger partial charge in [-0.25, -0.2) is 0 Å². The van der Waals surface area contributed by atoms with E-state index < -0.39 is 0 Å². The Hall–Kier alpha value is -2.21. The van der Waals surface area contributed by atoms with Crippen LogP contribution in [0.1, 0.15) is 11.3 Å². The largest absolute Gasteiger partial charge is 0.347 e. The summed E-state index contributed by atoms with van der Waals surface area (Å²) in [5.74, 6) is 0. The fraction of sp³-hybridized carbons (Fsp3) is 0.154. The number of aryl methyl sites for hydroxylation is 1. The van der Waals surface area contributed by atoms with Crippen LogP contribution in [-0.4, -0.2) is 25.7 Å². The highest BCUT2D eigenvalue weighted by molar-refractivity contribution is 7.71. The molecular formula is C13H13N5S. The zero-order valence-corrected chi connectivity index (χ0v) is 11.5. The highest BCUT2D eigenvalue weighted by atomic mass is 32.1. The van der Waals surface area contributed by atoms with Gasteiger partial charge in [-0.15, -0.1) is 0 Å². The lowest BCUT2D eigenvalue weighted by Crippen LogP contribution is -1.93. The molecule has 0 atom stereocenters. The van der Waals surface area contributed by atoms with Crippen LogP contribution in [0.3, 0.4) is 0 Å². The van der Waals surface area contributed by atoms with Gasteiger partial charge in [0.15, 0.2) is 0 Å². The smallest absolute Gasteiger partial charge is 0.216 e. The number of aromatic nitrogens is 4. The molecule has 0 fully saturated rings. The Balaban J connectivity index is 2.16. The first-order chi connectivity index (χ1) is 9.18. The Kier molecular flexibility index (Phi) is 2.79. The first-order valence-corrected chi connectivity index (χ1v) is 6.29. The summed E-state index contributed by atoms with van der Waals surface area (Å²) in [6, 6.07) is 8.26. The summed E-state index contributed by atoms with van der Waals surface area (Å²) < 4.78 is 4.18. The van der Waals surface area contributed by atoms with Crippen molar-refractivity contribution in [2.75, 3.05) is 0 Å². The van der Waals surface area contributed by atoms with E-state index in [-0.39, 0.29) is 0 Å². The molecule has 3 aromatic rings. The minimum atomic E-state index is 0.481. The van der Waals surface area contributed by atoms with E-state index in [4.69, 9.17) is 12.2 Å². The normalized spacial score (nSPS) is 11.7. The number of hydrogen-bond acceptors (Lipinski definition) is 3. The van der Waals surface area contributed by atoms with Gasteiger partial charge in [0.05, 0.1) is 6.21 Å². The maximum Gasteiger partial charge on any atom is 0.216 e. The molecule has 3 rings (SSSR count). The van der Waals surface area contributed by atoms with Crippen molar-refractivity contribution in [3.8, 4) is 0 Å². The monoisotopic (exact) mass is 271 g/mol. The Bertz CT molecular complexity index is 821. The summed E-state index contributed by atoms with van der Waals surface area (Å²) in [5.41, 5.74) is 3.46. The molecule has 0 radical (unpaired) electrons. The molecule has 0 aliphatic heterocycles. The molecule has 0 aliphatic carbocycles. The van der Waals surface area contributed by atoms with Crippen molar-refractivity contribution in [2.24, 2.45) is 12.1 Å². The van der Waals surface area contributed by atoms with Gasteiger partial charge in [0.2, 0.25) is 4.77 Å². The average Bonchev–Trinajstić information content (AvgIpc) is 2.93. The fourth-order valence-corrected chi connectivity index (χ4v) is 2.30. The Morgan fingerprint density at radius 3 is 2.89 bits per heavy atom. The van der Waals surface area contributed by atoms with Crippen LogP contribution >= 0.6 is 12.2 Å². The number of para-hydroxylation sites is 1. The molecular weight excluding hydrogens is 258 g/mol. The number of rotatable bonds is 2. The number of H-pyrrole nitrogens is 1. The van der Waals surface area contributed by atoms with Gasteiger partial charge in [-0.3, -0.25) is 5.10 Å². The molecule has 0 amide bonds. The molecule has 0 saturated carbocycles. The summed E-state index contributed by atoms with van der Waals surface area (Å²) in [6.07, 6.45) is 3.38. The minimum Gasteiger partial charge on any atom is -0.347 e. The summed E-state index contributed by atoms with van der Waals surface area (Å²) in [7, 11) is 2.05. The van der Waals surface area contributed by atoms with Crippen molar-refractivity contribution in [3.63, 3.8) is 0 Å². The number of nitrogens with zero attached hydrogens (tertiary/aromatic N) is 4. The van der Waals surface area contributed by atoms with Gasteiger partial charge in [-0.2, -0.15) is 14.9 Å². The standard InChI is InChI=1S/C13H13N5S/c1-9-11(7-15-18-8-14-16-13(18)19)10-5-3-4-6-12(10)17(9)2/h3-8H,1-2H3,(H,16,19)/b15-7-. The molecule has 1 N–H and O–H groups in total. The second-order valence-corrected chi connectivity index (χ2v) is 4.71. The highest BCUT2D eigenvalue weighted by Crippen LogP contribution is 2.23. The summed E-state index contributed by atoms with van der Waals surface area (Å²) in [5, 5.41) is 12.0. The van der Waals surface area contributed by atoms with Gasteiger partial charge < -0.3 is 4.57 Å². The molecule has 96 valence electrons. The summed E-state index contributed by atoms with van der Waals surface area (Å²) in [4.78, 5) is 0. The van der Waals surface area contributed by atoms with Gasteiger partial charge in [-0.05, 0) is 25.2 Å². The molecule has 0 spiro atoms. The van der Waals surface area contributed by atoms with Gasteiger partial charge >= 0.3 is 0 Å². The Morgan fingerprint density at radius 1 is 1.37 bits per heavy atom. The van der Waals surface area contributed by atoms with Crippen LogP contribution in [0, 0.1) is 11.7 Å². The quantitative estimate of drug-likeness (QED) is 0.575. The molecule has 2 heterocycles. The number of nitrogens with one attached hydrogen (secondary N) is 1. The molecule has 0 saturated heterocycles. The van der Waals surface area contributed by atoms with Crippen molar-refractivity contribution in [3.05, 3.63) is 46.6 Å². The van der Waals surface area contributed by atoms with Crippen molar-refractivity contribution < 1.29 is 0 Å². The maximum atomic E-state index is 5.06. The molecule has 0 bridgehead atoms. The number of aromatic amines is 1. The minimum absolute atomic E-state index is 0.481. The number of hydrogen-bond donors (Lipinski definition) is 1. The van der Waals surface area contributed by atoms with E-state index in [2.05, 4.69) is 46.0 Å². The third kappa shape index (κ3) is 1.90. The molecule has 5 nitrogen and oxygen atoms in total. The van der Waals surface area contributed by atoms with Gasteiger partial charge in [0, 0.05) is 29.2 Å². The van der Waals surface area contributed by atoms with Crippen molar-refractivity contribution in [1.82, 2.24) is 19.4 Å². The molecule has 0 aliphatic rings. The predicted octanol–water partition coefficient (Wildman–Crippen LogP) is 2.62. The topological polar surface area (TPSA) is 50.9 Å². The zero-order valence-electron chi connectivity index (χ0n) is 10.7. The molecule has 1 aromatic carbocycles. The molecule has 2 aromatic heterocycles. The SMILES string of the molecule is Cc1c(/C=N\n2cn[nH]c2=S)c2ccccc2n1C. The lowest BCUT2D eigenvalue weighted by atomic mass is 10.1. The lowest BCUT2D eigenvalue weighted by Gasteiger charge is -1.97. The van der Waals surface area contributed by atoms with E-state index in [1.165, 1.54) is 21.3 Å². The van der Waals surface area contributed by atoms with E-state index in [9.17, 15) is 0 Å². The van der Waals surface area contributed by atoms with Gasteiger partial charge in [0.25, 0.3) is 0 Å². The van der Waals surface area contributed by atoms with Crippen LogP contribution in [0.2, 0.25) is 0 Å². The Labute approximate surface area is 115 Å². The predicted molar refractivity (Wildman–Crippen MR) is 78.1 cm³/mol. The third-order valence-electron chi connectivity index (χ3n) is 3.30. The average molecular weight is 271 g/mol. The van der Waals surface area contributed by atoms with Crippen LogP contribution in [0.5, 0.6) is 0 Å². The lowest BCUT2D eigenvalue weighted by molar-refractivity contribution is 0.861. The van der Waals surface area contributed by atoms with Crippen LogP contribution in [0.15, 0.2) is 35.7 Å². The van der Waals surface area contributed by atoms with E-state index in [0.717, 1.165) is 5.56 Å². The molecule has 6 heteroatoms. The van der Waals surface area contributed by atoms with Crippen LogP contribution in [0.25, 0.3) is 10.9 Å². The fourth-order valence-electron chi connectivity index (χ4n) is 2.16. The van der Waals surface area contributed by atoms with Crippen molar-refractivity contribution in [2.45, 2.75) is 6.92 Å². The van der Waals surface area contributed by atoms with Crippen LogP contribution in [0.4, 0.5) is 0 Å². The van der Waals surface area contributed by atoms with Crippen LogP contribution < -0.4 is 0 Å². The van der Waals surface area contributed by atoms with Gasteiger partial charge in [0.1, 0.15) is 6.33 Å².